The fourth-order valence-corrected chi connectivity index (χ4v) is 5.55. The number of rotatable bonds is 5. The Kier molecular flexibility index (Phi) is 4.78. The predicted molar refractivity (Wildman–Crippen MR) is 104 cm³/mol. The second-order valence-corrected chi connectivity index (χ2v) is 8.70. The minimum Gasteiger partial charge on any atom is -0.353 e. The second-order valence-electron chi connectivity index (χ2n) is 7.76. The fraction of sp³-hybridized carbons (Fsp3) is 0.550. The summed E-state index contributed by atoms with van der Waals surface area (Å²) in [7, 11) is 1.71. The van der Waals surface area contributed by atoms with Crippen molar-refractivity contribution in [3.8, 4) is 0 Å². The van der Waals surface area contributed by atoms with Gasteiger partial charge in [0.1, 0.15) is 0 Å². The Balaban J connectivity index is 1.39. The lowest BCUT2D eigenvalue weighted by atomic mass is 9.84. The molecule has 138 valence electrons. The fourth-order valence-electron chi connectivity index (χ4n) is 4.77. The maximum Gasteiger partial charge on any atom is 0.261 e. The average Bonchev–Trinajstić information content (AvgIpc) is 3.27. The third-order valence-electron chi connectivity index (χ3n) is 6.10. The van der Waals surface area contributed by atoms with Gasteiger partial charge in [0.05, 0.1) is 16.7 Å². The van der Waals surface area contributed by atoms with E-state index in [4.69, 9.17) is 0 Å². The van der Waals surface area contributed by atoms with Crippen LogP contribution in [0.2, 0.25) is 0 Å². The lowest BCUT2D eigenvalue weighted by Gasteiger charge is -2.28. The molecule has 4 atom stereocenters. The molecule has 1 aromatic heterocycles. The molecular formula is C20H25N3O2S. The number of amides is 1. The van der Waals surface area contributed by atoms with Crippen LogP contribution in [-0.4, -0.2) is 27.3 Å². The van der Waals surface area contributed by atoms with Gasteiger partial charge in [-0.3, -0.25) is 14.2 Å². The summed E-state index contributed by atoms with van der Waals surface area (Å²) >= 11 is 1.32. The smallest absolute Gasteiger partial charge is 0.261 e. The first-order valence-corrected chi connectivity index (χ1v) is 10.4. The molecule has 0 unspecified atom stereocenters. The van der Waals surface area contributed by atoms with Crippen molar-refractivity contribution in [2.24, 2.45) is 24.8 Å². The van der Waals surface area contributed by atoms with Gasteiger partial charge < -0.3 is 5.32 Å². The van der Waals surface area contributed by atoms with Gasteiger partial charge in [0, 0.05) is 13.1 Å². The van der Waals surface area contributed by atoms with Crippen LogP contribution in [0.1, 0.15) is 32.6 Å². The van der Waals surface area contributed by atoms with E-state index in [0.29, 0.717) is 22.0 Å². The van der Waals surface area contributed by atoms with E-state index in [9.17, 15) is 9.59 Å². The first-order valence-electron chi connectivity index (χ1n) is 9.41. The van der Waals surface area contributed by atoms with E-state index in [1.54, 1.807) is 13.1 Å². The number of para-hydroxylation sites is 1. The van der Waals surface area contributed by atoms with E-state index in [1.165, 1.54) is 42.0 Å². The summed E-state index contributed by atoms with van der Waals surface area (Å²) in [6, 6.07) is 7.54. The zero-order valence-corrected chi connectivity index (χ0v) is 16.1. The summed E-state index contributed by atoms with van der Waals surface area (Å²) in [4.78, 5) is 29.4. The van der Waals surface area contributed by atoms with Crippen molar-refractivity contribution in [3.05, 3.63) is 34.6 Å². The van der Waals surface area contributed by atoms with Gasteiger partial charge in [0.15, 0.2) is 5.16 Å². The average molecular weight is 372 g/mol. The molecule has 2 aromatic rings. The highest BCUT2D eigenvalue weighted by molar-refractivity contribution is 7.99. The Morgan fingerprint density at radius 2 is 2.15 bits per heavy atom. The van der Waals surface area contributed by atoms with E-state index in [-0.39, 0.29) is 23.3 Å². The molecular weight excluding hydrogens is 346 g/mol. The molecule has 2 fully saturated rings. The highest BCUT2D eigenvalue weighted by atomic mass is 32.2. The van der Waals surface area contributed by atoms with Crippen molar-refractivity contribution in [1.82, 2.24) is 14.9 Å². The molecule has 1 heterocycles. The van der Waals surface area contributed by atoms with Crippen LogP contribution in [0, 0.1) is 17.8 Å². The molecule has 6 heteroatoms. The first-order chi connectivity index (χ1) is 12.5. The van der Waals surface area contributed by atoms with E-state index in [1.807, 2.05) is 18.2 Å². The maximum absolute atomic E-state index is 12.4. The standard InChI is InChI=1S/C20H25N3O2S/c1-12(16-10-13-7-8-14(16)9-13)21-18(24)11-26-20-22-17-6-4-3-5-15(17)19(25)23(20)2/h3-6,12-14,16H,7-11H2,1-2H3,(H,21,24)/t12-,13+,14+,16-/m1/s1. The summed E-state index contributed by atoms with van der Waals surface area (Å²) in [5.74, 6) is 2.61. The topological polar surface area (TPSA) is 64.0 Å². The predicted octanol–water partition coefficient (Wildman–Crippen LogP) is 2.97. The summed E-state index contributed by atoms with van der Waals surface area (Å²) in [5, 5.41) is 4.36. The number of hydrogen-bond donors (Lipinski definition) is 1. The molecule has 4 rings (SSSR count). The molecule has 2 saturated carbocycles. The highest BCUT2D eigenvalue weighted by Crippen LogP contribution is 2.49. The molecule has 26 heavy (non-hydrogen) atoms. The van der Waals surface area contributed by atoms with Gasteiger partial charge in [-0.15, -0.1) is 0 Å². The molecule has 2 bridgehead atoms. The molecule has 0 aliphatic heterocycles. The van der Waals surface area contributed by atoms with Crippen LogP contribution in [0.4, 0.5) is 0 Å². The lowest BCUT2D eigenvalue weighted by Crippen LogP contribution is -2.41. The third kappa shape index (κ3) is 3.27. The number of nitrogens with zero attached hydrogens (tertiary/aromatic N) is 2. The second kappa shape index (κ2) is 7.06. The molecule has 2 aliphatic carbocycles. The molecule has 1 aromatic carbocycles. The van der Waals surface area contributed by atoms with E-state index < -0.39 is 0 Å². The number of hydrogen-bond acceptors (Lipinski definition) is 4. The molecule has 0 saturated heterocycles. The van der Waals surface area contributed by atoms with Gasteiger partial charge >= 0.3 is 0 Å². The van der Waals surface area contributed by atoms with Crippen molar-refractivity contribution in [1.29, 1.82) is 0 Å². The monoisotopic (exact) mass is 371 g/mol. The Morgan fingerprint density at radius 1 is 1.35 bits per heavy atom. The first kappa shape index (κ1) is 17.6. The van der Waals surface area contributed by atoms with Crippen LogP contribution in [-0.2, 0) is 11.8 Å². The summed E-state index contributed by atoms with van der Waals surface area (Å²) in [6.07, 6.45) is 5.31. The summed E-state index contributed by atoms with van der Waals surface area (Å²) < 4.78 is 1.53. The molecule has 0 spiro atoms. The molecule has 0 radical (unpaired) electrons. The number of benzene rings is 1. The van der Waals surface area contributed by atoms with Crippen LogP contribution in [0.3, 0.4) is 0 Å². The van der Waals surface area contributed by atoms with Gasteiger partial charge in [0.25, 0.3) is 5.56 Å². The van der Waals surface area contributed by atoms with Crippen molar-refractivity contribution >= 4 is 28.6 Å². The number of carbonyl (C=O) groups excluding carboxylic acids is 1. The number of carbonyl (C=O) groups is 1. The van der Waals surface area contributed by atoms with Gasteiger partial charge in [-0.1, -0.05) is 30.3 Å². The number of thioether (sulfide) groups is 1. The van der Waals surface area contributed by atoms with Gasteiger partial charge in [-0.05, 0) is 56.1 Å². The Morgan fingerprint density at radius 3 is 2.88 bits per heavy atom. The Bertz CT molecular complexity index is 894. The van der Waals surface area contributed by atoms with Crippen molar-refractivity contribution < 1.29 is 4.79 Å². The summed E-state index contributed by atoms with van der Waals surface area (Å²) in [6.45, 7) is 2.14. The van der Waals surface area contributed by atoms with Gasteiger partial charge in [-0.25, -0.2) is 4.98 Å². The minimum absolute atomic E-state index is 0.0210. The molecule has 2 aliphatic rings. The largest absolute Gasteiger partial charge is 0.353 e. The molecule has 5 nitrogen and oxygen atoms in total. The highest BCUT2D eigenvalue weighted by Gasteiger charge is 2.42. The van der Waals surface area contributed by atoms with Crippen LogP contribution in [0.5, 0.6) is 0 Å². The van der Waals surface area contributed by atoms with Crippen molar-refractivity contribution in [2.45, 2.75) is 43.8 Å². The Labute approximate surface area is 157 Å². The van der Waals surface area contributed by atoms with Crippen LogP contribution >= 0.6 is 11.8 Å². The van der Waals surface area contributed by atoms with Gasteiger partial charge in [0.2, 0.25) is 5.91 Å². The van der Waals surface area contributed by atoms with E-state index in [2.05, 4.69) is 17.2 Å². The maximum atomic E-state index is 12.4. The number of aromatic nitrogens is 2. The zero-order chi connectivity index (χ0) is 18.3. The van der Waals surface area contributed by atoms with Crippen LogP contribution in [0.25, 0.3) is 10.9 Å². The lowest BCUT2D eigenvalue weighted by molar-refractivity contribution is -0.119. The van der Waals surface area contributed by atoms with Crippen molar-refractivity contribution in [2.75, 3.05) is 5.75 Å². The minimum atomic E-state index is -0.0751. The normalized spacial score (nSPS) is 25.5. The van der Waals surface area contributed by atoms with Crippen LogP contribution < -0.4 is 10.9 Å². The Hall–Kier alpha value is -1.82. The van der Waals surface area contributed by atoms with E-state index >= 15 is 0 Å². The molecule has 1 N–H and O–H groups in total. The number of fused-ring (bicyclic) bond motifs is 3. The third-order valence-corrected chi connectivity index (χ3v) is 7.13. The van der Waals surface area contributed by atoms with Crippen molar-refractivity contribution in [3.63, 3.8) is 0 Å². The molecule has 1 amide bonds. The quantitative estimate of drug-likeness (QED) is 0.648. The SMILES string of the molecule is C[C@@H](NC(=O)CSc1nc2ccccc2c(=O)n1C)[C@H]1C[C@H]2CC[C@H]1C2. The van der Waals surface area contributed by atoms with E-state index in [0.717, 1.165) is 11.8 Å². The number of nitrogens with one attached hydrogen (secondary N) is 1. The zero-order valence-electron chi connectivity index (χ0n) is 15.3. The van der Waals surface area contributed by atoms with Crippen LogP contribution in [0.15, 0.2) is 34.2 Å². The van der Waals surface area contributed by atoms with Gasteiger partial charge in [-0.2, -0.15) is 0 Å². The summed E-state index contributed by atoms with van der Waals surface area (Å²) in [5.41, 5.74) is 0.600.